The van der Waals surface area contributed by atoms with Crippen LogP contribution in [-0.4, -0.2) is 26.8 Å². The van der Waals surface area contributed by atoms with Gasteiger partial charge in [0.2, 0.25) is 5.78 Å². The average Bonchev–Trinajstić information content (AvgIpc) is 2.72. The van der Waals surface area contributed by atoms with Gasteiger partial charge in [0.15, 0.2) is 6.61 Å². The van der Waals surface area contributed by atoms with Gasteiger partial charge in [-0.25, -0.2) is 17.6 Å². The van der Waals surface area contributed by atoms with Crippen LogP contribution in [0.1, 0.15) is 20.7 Å². The van der Waals surface area contributed by atoms with Gasteiger partial charge in [0, 0.05) is 5.02 Å². The second kappa shape index (κ2) is 9.06. The number of carbonyl (C=O) groups excluding carboxylic acids is 2. The van der Waals surface area contributed by atoms with Crippen molar-refractivity contribution in [2.45, 2.75) is 4.90 Å². The predicted octanol–water partition coefficient (Wildman–Crippen LogP) is 4.32. The standard InChI is InChI=1S/C21H15ClFNO5S/c22-14-9-11-15(12-10-14)30(27,28)24-19-8-4-2-6-17(19)21(26)29-13-20(25)16-5-1-3-7-18(16)23/h1-12,24H,13H2. The van der Waals surface area contributed by atoms with Gasteiger partial charge in [0.05, 0.1) is 21.7 Å². The van der Waals surface area contributed by atoms with Crippen molar-refractivity contribution in [1.29, 1.82) is 0 Å². The second-order valence-corrected chi connectivity index (χ2v) is 8.20. The van der Waals surface area contributed by atoms with E-state index in [1.54, 1.807) is 0 Å². The van der Waals surface area contributed by atoms with Crippen LogP contribution in [-0.2, 0) is 14.8 Å². The third-order valence-corrected chi connectivity index (χ3v) is 5.66. The van der Waals surface area contributed by atoms with E-state index in [2.05, 4.69) is 4.72 Å². The highest BCUT2D eigenvalue weighted by Gasteiger charge is 2.20. The van der Waals surface area contributed by atoms with Gasteiger partial charge in [-0.2, -0.15) is 0 Å². The highest BCUT2D eigenvalue weighted by molar-refractivity contribution is 7.92. The number of sulfonamides is 1. The number of ether oxygens (including phenoxy) is 1. The number of carbonyl (C=O) groups is 2. The summed E-state index contributed by atoms with van der Waals surface area (Å²) < 4.78 is 46.1. The van der Waals surface area contributed by atoms with E-state index < -0.39 is 34.2 Å². The van der Waals surface area contributed by atoms with Crippen LogP contribution in [0, 0.1) is 5.82 Å². The number of esters is 1. The first-order valence-electron chi connectivity index (χ1n) is 8.60. The average molecular weight is 448 g/mol. The summed E-state index contributed by atoms with van der Waals surface area (Å²) in [6, 6.07) is 16.6. The number of benzene rings is 3. The van der Waals surface area contributed by atoms with Gasteiger partial charge in [-0.05, 0) is 48.5 Å². The summed E-state index contributed by atoms with van der Waals surface area (Å²) in [5, 5.41) is 0.373. The molecule has 154 valence electrons. The summed E-state index contributed by atoms with van der Waals surface area (Å²) >= 11 is 5.78. The molecule has 3 aromatic carbocycles. The smallest absolute Gasteiger partial charge is 0.340 e. The molecule has 0 radical (unpaired) electrons. The Bertz CT molecular complexity index is 1200. The number of ketones is 1. The topological polar surface area (TPSA) is 89.5 Å². The van der Waals surface area contributed by atoms with Crippen LogP contribution in [0.5, 0.6) is 0 Å². The minimum atomic E-state index is -4.00. The number of para-hydroxylation sites is 1. The van der Waals surface area contributed by atoms with Crippen molar-refractivity contribution in [2.24, 2.45) is 0 Å². The number of hydrogen-bond donors (Lipinski definition) is 1. The molecule has 3 rings (SSSR count). The van der Waals surface area contributed by atoms with Gasteiger partial charge in [-0.1, -0.05) is 35.9 Å². The van der Waals surface area contributed by atoms with Gasteiger partial charge < -0.3 is 4.74 Å². The summed E-state index contributed by atoms with van der Waals surface area (Å²) in [4.78, 5) is 24.5. The van der Waals surface area contributed by atoms with Gasteiger partial charge in [0.25, 0.3) is 10.0 Å². The van der Waals surface area contributed by atoms with Crippen molar-refractivity contribution in [3.05, 3.63) is 94.8 Å². The van der Waals surface area contributed by atoms with Gasteiger partial charge in [0.1, 0.15) is 5.82 Å². The fourth-order valence-corrected chi connectivity index (χ4v) is 3.75. The number of anilines is 1. The Kier molecular flexibility index (Phi) is 6.49. The first-order valence-corrected chi connectivity index (χ1v) is 10.5. The van der Waals surface area contributed by atoms with Crippen LogP contribution in [0.15, 0.2) is 77.7 Å². The zero-order valence-electron chi connectivity index (χ0n) is 15.3. The molecule has 0 aliphatic rings. The fraction of sp³-hybridized carbons (Fsp3) is 0.0476. The molecule has 0 saturated carbocycles. The van der Waals surface area contributed by atoms with Crippen LogP contribution >= 0.6 is 11.6 Å². The molecule has 0 heterocycles. The molecular formula is C21H15ClFNO5S. The van der Waals surface area contributed by atoms with Gasteiger partial charge in [-0.15, -0.1) is 0 Å². The Morgan fingerprint density at radius 2 is 1.50 bits per heavy atom. The van der Waals surface area contributed by atoms with Crippen molar-refractivity contribution in [1.82, 2.24) is 0 Å². The third kappa shape index (κ3) is 5.03. The molecule has 0 fully saturated rings. The van der Waals surface area contributed by atoms with E-state index in [9.17, 15) is 22.4 Å². The number of hydrogen-bond acceptors (Lipinski definition) is 5. The number of halogens is 2. The summed E-state index contributed by atoms with van der Waals surface area (Å²) in [7, 11) is -4.00. The summed E-state index contributed by atoms with van der Waals surface area (Å²) in [5.41, 5.74) is -0.339. The highest BCUT2D eigenvalue weighted by Crippen LogP contribution is 2.22. The maximum absolute atomic E-state index is 13.7. The van der Waals surface area contributed by atoms with E-state index in [1.165, 1.54) is 66.7 Å². The van der Waals surface area contributed by atoms with E-state index in [-0.39, 0.29) is 21.7 Å². The van der Waals surface area contributed by atoms with Crippen LogP contribution in [0.4, 0.5) is 10.1 Å². The molecule has 0 aliphatic carbocycles. The lowest BCUT2D eigenvalue weighted by molar-refractivity contribution is 0.0474. The minimum absolute atomic E-state index is 0.0317. The number of rotatable bonds is 7. The number of Topliss-reactive ketones (excluding diaryl/α,β-unsaturated/α-hetero) is 1. The SMILES string of the molecule is O=C(COC(=O)c1ccccc1NS(=O)(=O)c1ccc(Cl)cc1)c1ccccc1F. The first kappa shape index (κ1) is 21.5. The molecule has 0 saturated heterocycles. The normalized spacial score (nSPS) is 11.0. The summed E-state index contributed by atoms with van der Waals surface area (Å²) in [6.45, 7) is -0.696. The molecule has 0 unspecified atom stereocenters. The van der Waals surface area contributed by atoms with Crippen molar-refractivity contribution < 1.29 is 27.1 Å². The van der Waals surface area contributed by atoms with E-state index in [4.69, 9.17) is 16.3 Å². The Morgan fingerprint density at radius 1 is 0.900 bits per heavy atom. The van der Waals surface area contributed by atoms with Crippen molar-refractivity contribution in [3.8, 4) is 0 Å². The lowest BCUT2D eigenvalue weighted by atomic mass is 10.1. The molecule has 0 bridgehead atoms. The lowest BCUT2D eigenvalue weighted by Crippen LogP contribution is -2.19. The molecule has 0 amide bonds. The summed E-state index contributed by atoms with van der Waals surface area (Å²) in [5.74, 6) is -2.38. The zero-order chi connectivity index (χ0) is 21.7. The molecule has 0 atom stereocenters. The van der Waals surface area contributed by atoms with Crippen molar-refractivity contribution >= 4 is 39.1 Å². The molecule has 30 heavy (non-hydrogen) atoms. The van der Waals surface area contributed by atoms with E-state index in [0.717, 1.165) is 6.07 Å². The Morgan fingerprint density at radius 3 is 2.17 bits per heavy atom. The predicted molar refractivity (Wildman–Crippen MR) is 110 cm³/mol. The van der Waals surface area contributed by atoms with E-state index in [0.29, 0.717) is 5.02 Å². The fourth-order valence-electron chi connectivity index (χ4n) is 2.54. The largest absolute Gasteiger partial charge is 0.454 e. The molecule has 6 nitrogen and oxygen atoms in total. The molecule has 0 aliphatic heterocycles. The third-order valence-electron chi connectivity index (χ3n) is 4.02. The Balaban J connectivity index is 1.76. The Hall–Kier alpha value is -3.23. The molecule has 0 spiro atoms. The monoisotopic (exact) mass is 447 g/mol. The van der Waals surface area contributed by atoms with E-state index in [1.807, 2.05) is 0 Å². The molecule has 1 N–H and O–H groups in total. The number of nitrogens with one attached hydrogen (secondary N) is 1. The second-order valence-electron chi connectivity index (χ2n) is 6.08. The molecule has 9 heteroatoms. The maximum atomic E-state index is 13.7. The molecule has 0 aromatic heterocycles. The highest BCUT2D eigenvalue weighted by atomic mass is 35.5. The zero-order valence-corrected chi connectivity index (χ0v) is 16.9. The lowest BCUT2D eigenvalue weighted by Gasteiger charge is -2.12. The minimum Gasteiger partial charge on any atom is -0.454 e. The molecular weight excluding hydrogens is 433 g/mol. The maximum Gasteiger partial charge on any atom is 0.340 e. The van der Waals surface area contributed by atoms with Crippen molar-refractivity contribution in [3.63, 3.8) is 0 Å². The molecule has 3 aromatic rings. The quantitative estimate of drug-likeness (QED) is 0.430. The van der Waals surface area contributed by atoms with Crippen molar-refractivity contribution in [2.75, 3.05) is 11.3 Å². The van der Waals surface area contributed by atoms with E-state index >= 15 is 0 Å². The Labute approximate surface area is 177 Å². The van der Waals surface area contributed by atoms with Crippen LogP contribution < -0.4 is 4.72 Å². The van der Waals surface area contributed by atoms with Gasteiger partial charge >= 0.3 is 5.97 Å². The van der Waals surface area contributed by atoms with Crippen LogP contribution in [0.25, 0.3) is 0 Å². The summed E-state index contributed by atoms with van der Waals surface area (Å²) in [6.07, 6.45) is 0. The first-order chi connectivity index (χ1) is 14.3. The van der Waals surface area contributed by atoms with Gasteiger partial charge in [-0.3, -0.25) is 9.52 Å². The van der Waals surface area contributed by atoms with Crippen LogP contribution in [0.3, 0.4) is 0 Å². The van der Waals surface area contributed by atoms with Crippen LogP contribution in [0.2, 0.25) is 5.02 Å².